The Morgan fingerprint density at radius 1 is 1.38 bits per heavy atom. The van der Waals surface area contributed by atoms with Crippen molar-refractivity contribution in [2.75, 3.05) is 18.5 Å². The van der Waals surface area contributed by atoms with Crippen molar-refractivity contribution in [1.82, 2.24) is 4.98 Å². The predicted molar refractivity (Wildman–Crippen MR) is 88.0 cm³/mol. The Kier molecular flexibility index (Phi) is 6.21. The van der Waals surface area contributed by atoms with Gasteiger partial charge in [-0.2, -0.15) is 0 Å². The number of nitrogens with one attached hydrogen (secondary N) is 1. The van der Waals surface area contributed by atoms with E-state index in [0.717, 1.165) is 10.7 Å². The quantitative estimate of drug-likeness (QED) is 0.418. The average Bonchev–Trinajstić information content (AvgIpc) is 3.00. The number of esters is 1. The SMILES string of the molecule is O=C(COC(=O)COc1cccc(Br)c1)Nc1ncc([N+](=O)[O-])s1. The van der Waals surface area contributed by atoms with E-state index in [1.54, 1.807) is 24.3 Å². The van der Waals surface area contributed by atoms with Gasteiger partial charge in [-0.05, 0) is 29.5 Å². The fraction of sp³-hybridized carbons (Fsp3) is 0.154. The zero-order valence-corrected chi connectivity index (χ0v) is 14.3. The van der Waals surface area contributed by atoms with Gasteiger partial charge in [-0.15, -0.1) is 0 Å². The van der Waals surface area contributed by atoms with Crippen molar-refractivity contribution >= 4 is 49.3 Å². The van der Waals surface area contributed by atoms with Crippen LogP contribution in [0.25, 0.3) is 0 Å². The second kappa shape index (κ2) is 8.36. The molecule has 0 unspecified atom stereocenters. The summed E-state index contributed by atoms with van der Waals surface area (Å²) >= 11 is 3.97. The van der Waals surface area contributed by atoms with Crippen LogP contribution in [0.1, 0.15) is 0 Å². The molecule has 0 aliphatic carbocycles. The van der Waals surface area contributed by atoms with Gasteiger partial charge in [0.05, 0.1) is 4.92 Å². The number of hydrogen-bond donors (Lipinski definition) is 1. The monoisotopic (exact) mass is 415 g/mol. The van der Waals surface area contributed by atoms with Crippen LogP contribution in [0.2, 0.25) is 0 Å². The molecule has 2 aromatic rings. The molecular formula is C13H10BrN3O6S. The summed E-state index contributed by atoms with van der Waals surface area (Å²) in [5.74, 6) is -0.911. The van der Waals surface area contributed by atoms with Gasteiger partial charge in [0.2, 0.25) is 0 Å². The first-order chi connectivity index (χ1) is 11.4. The predicted octanol–water partition coefficient (Wildman–Crippen LogP) is 2.37. The van der Waals surface area contributed by atoms with Crippen molar-refractivity contribution in [3.05, 3.63) is 45.0 Å². The number of aromatic nitrogens is 1. The summed E-state index contributed by atoms with van der Waals surface area (Å²) in [4.78, 5) is 36.6. The maximum atomic E-state index is 11.6. The molecule has 0 atom stereocenters. The smallest absolute Gasteiger partial charge is 0.345 e. The van der Waals surface area contributed by atoms with Gasteiger partial charge < -0.3 is 9.47 Å². The number of amides is 1. The normalized spacial score (nSPS) is 10.0. The molecule has 1 N–H and O–H groups in total. The second-order valence-corrected chi connectivity index (χ2v) is 6.14. The van der Waals surface area contributed by atoms with Crippen molar-refractivity contribution < 1.29 is 24.0 Å². The molecule has 11 heteroatoms. The molecule has 1 aromatic carbocycles. The van der Waals surface area contributed by atoms with Gasteiger partial charge in [-0.25, -0.2) is 9.78 Å². The van der Waals surface area contributed by atoms with Gasteiger partial charge in [0.1, 0.15) is 11.9 Å². The van der Waals surface area contributed by atoms with Gasteiger partial charge >= 0.3 is 11.0 Å². The number of benzene rings is 1. The van der Waals surface area contributed by atoms with Crippen molar-refractivity contribution in [3.63, 3.8) is 0 Å². The summed E-state index contributed by atoms with van der Waals surface area (Å²) in [6.45, 7) is -0.902. The highest BCUT2D eigenvalue weighted by Crippen LogP contribution is 2.24. The Labute approximate surface area is 147 Å². The largest absolute Gasteiger partial charge is 0.482 e. The lowest BCUT2D eigenvalue weighted by Gasteiger charge is -2.07. The molecule has 1 aromatic heterocycles. The molecule has 0 radical (unpaired) electrons. The number of ether oxygens (including phenoxy) is 2. The van der Waals surface area contributed by atoms with E-state index in [9.17, 15) is 19.7 Å². The van der Waals surface area contributed by atoms with Crippen LogP contribution < -0.4 is 10.1 Å². The van der Waals surface area contributed by atoms with Crippen LogP contribution in [0.3, 0.4) is 0 Å². The Morgan fingerprint density at radius 3 is 2.83 bits per heavy atom. The minimum absolute atomic E-state index is 0.0492. The van der Waals surface area contributed by atoms with E-state index in [0.29, 0.717) is 17.1 Å². The molecule has 0 spiro atoms. The van der Waals surface area contributed by atoms with Crippen LogP contribution in [0.4, 0.5) is 10.1 Å². The molecule has 1 amide bonds. The Hall–Kier alpha value is -2.53. The second-order valence-electron chi connectivity index (χ2n) is 4.22. The molecule has 0 aliphatic rings. The molecule has 24 heavy (non-hydrogen) atoms. The summed E-state index contributed by atoms with van der Waals surface area (Å²) in [6, 6.07) is 6.89. The Bertz CT molecular complexity index is 766. The molecule has 0 aliphatic heterocycles. The lowest BCUT2D eigenvalue weighted by atomic mass is 10.3. The Balaban J connectivity index is 1.72. The number of carbonyl (C=O) groups is 2. The Morgan fingerprint density at radius 2 is 2.17 bits per heavy atom. The summed E-state index contributed by atoms with van der Waals surface area (Å²) in [5, 5.41) is 12.6. The number of hydrogen-bond acceptors (Lipinski definition) is 8. The number of anilines is 1. The van der Waals surface area contributed by atoms with Crippen molar-refractivity contribution in [2.45, 2.75) is 0 Å². The van der Waals surface area contributed by atoms with E-state index < -0.39 is 23.4 Å². The minimum Gasteiger partial charge on any atom is -0.482 e. The summed E-state index contributed by atoms with van der Waals surface area (Å²) < 4.78 is 10.7. The van der Waals surface area contributed by atoms with Crippen molar-refractivity contribution in [2.24, 2.45) is 0 Å². The number of nitrogens with zero attached hydrogens (tertiary/aromatic N) is 2. The van der Waals surface area contributed by atoms with Crippen LogP contribution >= 0.6 is 27.3 Å². The van der Waals surface area contributed by atoms with Crippen LogP contribution in [-0.4, -0.2) is 35.0 Å². The standard InChI is InChI=1S/C13H10BrN3O6S/c14-8-2-1-3-9(4-8)22-7-12(19)23-6-10(18)16-13-15-5-11(24-13)17(20)21/h1-5H,6-7H2,(H,15,16,18). The maximum absolute atomic E-state index is 11.6. The molecule has 0 saturated carbocycles. The van der Waals surface area contributed by atoms with Gasteiger partial charge in [0.25, 0.3) is 5.91 Å². The highest BCUT2D eigenvalue weighted by Gasteiger charge is 2.14. The third kappa shape index (κ3) is 5.59. The zero-order chi connectivity index (χ0) is 17.5. The van der Waals surface area contributed by atoms with Crippen LogP contribution in [-0.2, 0) is 14.3 Å². The lowest BCUT2D eigenvalue weighted by Crippen LogP contribution is -2.23. The highest BCUT2D eigenvalue weighted by molar-refractivity contribution is 9.10. The fourth-order valence-corrected chi connectivity index (χ4v) is 2.48. The van der Waals surface area contributed by atoms with Gasteiger partial charge in [0, 0.05) is 4.47 Å². The van der Waals surface area contributed by atoms with Gasteiger partial charge in [-0.1, -0.05) is 22.0 Å². The van der Waals surface area contributed by atoms with Gasteiger partial charge in [0.15, 0.2) is 18.3 Å². The molecule has 0 saturated heterocycles. The van der Waals surface area contributed by atoms with Crippen LogP contribution in [0, 0.1) is 10.1 Å². The number of thiazole rings is 1. The maximum Gasteiger partial charge on any atom is 0.345 e. The zero-order valence-electron chi connectivity index (χ0n) is 11.9. The molecule has 9 nitrogen and oxygen atoms in total. The lowest BCUT2D eigenvalue weighted by molar-refractivity contribution is -0.380. The third-order valence-electron chi connectivity index (χ3n) is 2.44. The summed E-state index contributed by atoms with van der Waals surface area (Å²) in [6.07, 6.45) is 1.03. The highest BCUT2D eigenvalue weighted by atomic mass is 79.9. The molecule has 0 bridgehead atoms. The van der Waals surface area contributed by atoms with E-state index in [2.05, 4.69) is 26.2 Å². The van der Waals surface area contributed by atoms with E-state index in [1.165, 1.54) is 0 Å². The first-order valence-electron chi connectivity index (χ1n) is 6.38. The minimum atomic E-state index is -0.727. The first-order valence-corrected chi connectivity index (χ1v) is 7.99. The number of nitro groups is 1. The molecule has 2 rings (SSSR count). The third-order valence-corrected chi connectivity index (χ3v) is 3.79. The van der Waals surface area contributed by atoms with E-state index in [-0.39, 0.29) is 16.7 Å². The number of rotatable bonds is 7. The van der Waals surface area contributed by atoms with Crippen LogP contribution in [0.15, 0.2) is 34.9 Å². The van der Waals surface area contributed by atoms with Crippen molar-refractivity contribution in [1.29, 1.82) is 0 Å². The molecular weight excluding hydrogens is 406 g/mol. The van der Waals surface area contributed by atoms with Crippen LogP contribution in [0.5, 0.6) is 5.75 Å². The van der Waals surface area contributed by atoms with Gasteiger partial charge in [-0.3, -0.25) is 20.2 Å². The fourth-order valence-electron chi connectivity index (χ4n) is 1.45. The summed E-state index contributed by atoms with van der Waals surface area (Å²) in [7, 11) is 0. The molecule has 1 heterocycles. The van der Waals surface area contributed by atoms with E-state index >= 15 is 0 Å². The van der Waals surface area contributed by atoms with E-state index in [4.69, 9.17) is 9.47 Å². The molecule has 0 fully saturated rings. The van der Waals surface area contributed by atoms with E-state index in [1.807, 2.05) is 0 Å². The average molecular weight is 416 g/mol. The topological polar surface area (TPSA) is 121 Å². The first kappa shape index (κ1) is 17.8. The molecule has 126 valence electrons. The number of halogens is 1. The van der Waals surface area contributed by atoms with Crippen molar-refractivity contribution in [3.8, 4) is 5.75 Å². The summed E-state index contributed by atoms with van der Waals surface area (Å²) in [5.41, 5.74) is 0. The number of carbonyl (C=O) groups excluding carboxylic acids is 2.